The number of hydrogen-bond donors (Lipinski definition) is 1. The van der Waals surface area contributed by atoms with Gasteiger partial charge in [0.15, 0.2) is 0 Å². The zero-order valence-corrected chi connectivity index (χ0v) is 14.4. The van der Waals surface area contributed by atoms with Crippen LogP contribution in [0.2, 0.25) is 0 Å². The predicted molar refractivity (Wildman–Crippen MR) is 99.9 cm³/mol. The lowest BCUT2D eigenvalue weighted by molar-refractivity contribution is 0.0733. The van der Waals surface area contributed by atoms with Crippen molar-refractivity contribution in [1.82, 2.24) is 9.88 Å². The zero-order valence-electron chi connectivity index (χ0n) is 14.4. The number of nitrogens with zero attached hydrogens (tertiary/aromatic N) is 2. The summed E-state index contributed by atoms with van der Waals surface area (Å²) in [6, 6.07) is 21.0. The fourth-order valence-electron chi connectivity index (χ4n) is 3.11. The van der Waals surface area contributed by atoms with Crippen LogP contribution >= 0.6 is 0 Å². The molecule has 1 amide bonds. The van der Waals surface area contributed by atoms with Gasteiger partial charge in [0.25, 0.3) is 5.91 Å². The molecule has 1 N–H and O–H groups in total. The summed E-state index contributed by atoms with van der Waals surface area (Å²) in [6.45, 7) is 0.374. The smallest absolute Gasteiger partial charge is 0.257 e. The number of anilines is 1. The van der Waals surface area contributed by atoms with Crippen molar-refractivity contribution in [2.24, 2.45) is 0 Å². The van der Waals surface area contributed by atoms with Gasteiger partial charge in [0, 0.05) is 24.5 Å². The molecule has 0 fully saturated rings. The SMILES string of the molecule is CN1C(=O)c2ccccc2NC1c1ccccc1OCc1ccccn1. The minimum absolute atomic E-state index is 0.0103. The maximum atomic E-state index is 12.7. The van der Waals surface area contributed by atoms with Gasteiger partial charge in [0.2, 0.25) is 0 Å². The number of fused-ring (bicyclic) bond motifs is 1. The molecule has 1 aliphatic rings. The molecule has 4 rings (SSSR count). The number of carbonyl (C=O) groups excluding carboxylic acids is 1. The number of amides is 1. The molecule has 5 nitrogen and oxygen atoms in total. The van der Waals surface area contributed by atoms with Crippen LogP contribution in [-0.2, 0) is 6.61 Å². The molecule has 0 radical (unpaired) electrons. The van der Waals surface area contributed by atoms with Gasteiger partial charge in [-0.05, 0) is 30.3 Å². The number of para-hydroxylation sites is 2. The summed E-state index contributed by atoms with van der Waals surface area (Å²) in [5.41, 5.74) is 3.28. The number of benzene rings is 2. The Balaban J connectivity index is 1.63. The maximum absolute atomic E-state index is 12.7. The number of rotatable bonds is 4. The second-order valence-electron chi connectivity index (χ2n) is 6.16. The minimum atomic E-state index is -0.294. The van der Waals surface area contributed by atoms with E-state index in [1.165, 1.54) is 0 Å². The molecule has 0 saturated carbocycles. The molecule has 1 aromatic heterocycles. The van der Waals surface area contributed by atoms with Crippen molar-refractivity contribution in [3.63, 3.8) is 0 Å². The third kappa shape index (κ3) is 2.99. The molecule has 26 heavy (non-hydrogen) atoms. The van der Waals surface area contributed by atoms with E-state index < -0.39 is 0 Å². The highest BCUT2D eigenvalue weighted by Gasteiger charge is 2.31. The molecule has 1 atom stereocenters. The third-order valence-corrected chi connectivity index (χ3v) is 4.47. The Morgan fingerprint density at radius 1 is 1.04 bits per heavy atom. The number of ether oxygens (including phenoxy) is 1. The Hall–Kier alpha value is -3.34. The first-order valence-corrected chi connectivity index (χ1v) is 8.48. The summed E-state index contributed by atoms with van der Waals surface area (Å²) in [4.78, 5) is 18.7. The minimum Gasteiger partial charge on any atom is -0.487 e. The van der Waals surface area contributed by atoms with Crippen LogP contribution in [-0.4, -0.2) is 22.8 Å². The van der Waals surface area contributed by atoms with Crippen molar-refractivity contribution in [2.45, 2.75) is 12.8 Å². The van der Waals surface area contributed by atoms with Crippen molar-refractivity contribution < 1.29 is 9.53 Å². The van der Waals surface area contributed by atoms with Crippen LogP contribution in [0.1, 0.15) is 27.8 Å². The second-order valence-corrected chi connectivity index (χ2v) is 6.16. The predicted octanol–water partition coefficient (Wildman–Crippen LogP) is 3.86. The Labute approximate surface area is 152 Å². The summed E-state index contributed by atoms with van der Waals surface area (Å²) < 4.78 is 6.01. The summed E-state index contributed by atoms with van der Waals surface area (Å²) in [7, 11) is 1.80. The van der Waals surface area contributed by atoms with Crippen molar-refractivity contribution >= 4 is 11.6 Å². The standard InChI is InChI=1S/C21H19N3O2/c1-24-20(23-18-11-4-2-9-16(18)21(24)25)17-10-3-5-12-19(17)26-14-15-8-6-7-13-22-15/h2-13,20,23H,14H2,1H3. The molecule has 0 saturated heterocycles. The Bertz CT molecular complexity index is 927. The number of aromatic nitrogens is 1. The molecule has 1 aliphatic heterocycles. The van der Waals surface area contributed by atoms with Gasteiger partial charge in [0.1, 0.15) is 18.5 Å². The highest BCUT2D eigenvalue weighted by Crippen LogP contribution is 2.35. The van der Waals surface area contributed by atoms with Crippen LogP contribution in [0.5, 0.6) is 5.75 Å². The van der Waals surface area contributed by atoms with Gasteiger partial charge >= 0.3 is 0 Å². The van der Waals surface area contributed by atoms with E-state index in [-0.39, 0.29) is 12.1 Å². The lowest BCUT2D eigenvalue weighted by Gasteiger charge is -2.36. The van der Waals surface area contributed by atoms with E-state index >= 15 is 0 Å². The molecule has 0 bridgehead atoms. The fourth-order valence-corrected chi connectivity index (χ4v) is 3.11. The lowest BCUT2D eigenvalue weighted by atomic mass is 10.0. The van der Waals surface area contributed by atoms with E-state index in [9.17, 15) is 4.79 Å². The number of hydrogen-bond acceptors (Lipinski definition) is 4. The number of carbonyl (C=O) groups is 1. The summed E-state index contributed by atoms with van der Waals surface area (Å²) in [5.74, 6) is 0.721. The fraction of sp³-hybridized carbons (Fsp3) is 0.143. The van der Waals surface area contributed by atoms with Gasteiger partial charge in [-0.1, -0.05) is 36.4 Å². The maximum Gasteiger partial charge on any atom is 0.257 e. The average Bonchev–Trinajstić information content (AvgIpc) is 2.70. The lowest BCUT2D eigenvalue weighted by Crippen LogP contribution is -2.40. The van der Waals surface area contributed by atoms with Crippen LogP contribution in [0.4, 0.5) is 5.69 Å². The summed E-state index contributed by atoms with van der Waals surface area (Å²) in [6.07, 6.45) is 1.45. The van der Waals surface area contributed by atoms with Gasteiger partial charge in [-0.3, -0.25) is 9.78 Å². The van der Waals surface area contributed by atoms with Gasteiger partial charge in [-0.2, -0.15) is 0 Å². The monoisotopic (exact) mass is 345 g/mol. The summed E-state index contributed by atoms with van der Waals surface area (Å²) in [5, 5.41) is 3.44. The largest absolute Gasteiger partial charge is 0.487 e. The topological polar surface area (TPSA) is 54.5 Å². The van der Waals surface area contributed by atoms with Crippen molar-refractivity contribution in [3.05, 3.63) is 89.7 Å². The molecule has 3 aromatic rings. The van der Waals surface area contributed by atoms with Gasteiger partial charge in [-0.25, -0.2) is 0 Å². The van der Waals surface area contributed by atoms with Crippen LogP contribution in [0.25, 0.3) is 0 Å². The van der Waals surface area contributed by atoms with Crippen LogP contribution < -0.4 is 10.1 Å². The molecule has 130 valence electrons. The molecule has 2 aromatic carbocycles. The zero-order chi connectivity index (χ0) is 17.9. The van der Waals surface area contributed by atoms with Gasteiger partial charge in [0.05, 0.1) is 11.3 Å². The van der Waals surface area contributed by atoms with E-state index in [0.29, 0.717) is 12.2 Å². The quantitative estimate of drug-likeness (QED) is 0.780. The van der Waals surface area contributed by atoms with Gasteiger partial charge in [-0.15, -0.1) is 0 Å². The first-order valence-electron chi connectivity index (χ1n) is 8.48. The molecule has 5 heteroatoms. The van der Waals surface area contributed by atoms with E-state index in [4.69, 9.17) is 4.74 Å². The van der Waals surface area contributed by atoms with Crippen LogP contribution in [0, 0.1) is 0 Å². The Morgan fingerprint density at radius 2 is 1.81 bits per heavy atom. The van der Waals surface area contributed by atoms with Crippen molar-refractivity contribution in [3.8, 4) is 5.75 Å². The van der Waals surface area contributed by atoms with E-state index in [0.717, 1.165) is 22.7 Å². The van der Waals surface area contributed by atoms with E-state index in [1.807, 2.05) is 66.7 Å². The van der Waals surface area contributed by atoms with Gasteiger partial charge < -0.3 is 15.0 Å². The van der Waals surface area contributed by atoms with E-state index in [1.54, 1.807) is 18.1 Å². The second kappa shape index (κ2) is 6.88. The molecular formula is C21H19N3O2. The molecule has 0 aliphatic carbocycles. The average molecular weight is 345 g/mol. The van der Waals surface area contributed by atoms with Crippen molar-refractivity contribution in [2.75, 3.05) is 12.4 Å². The Morgan fingerprint density at radius 3 is 2.65 bits per heavy atom. The first kappa shape index (κ1) is 16.1. The normalized spacial score (nSPS) is 16.0. The van der Waals surface area contributed by atoms with Crippen LogP contribution in [0.3, 0.4) is 0 Å². The number of pyridine rings is 1. The highest BCUT2D eigenvalue weighted by molar-refractivity contribution is 6.01. The first-order chi connectivity index (χ1) is 12.7. The number of nitrogens with one attached hydrogen (secondary N) is 1. The molecule has 0 spiro atoms. The molecule has 2 heterocycles. The molecular weight excluding hydrogens is 326 g/mol. The Kier molecular flexibility index (Phi) is 4.27. The summed E-state index contributed by atoms with van der Waals surface area (Å²) >= 11 is 0. The van der Waals surface area contributed by atoms with E-state index in [2.05, 4.69) is 10.3 Å². The highest BCUT2D eigenvalue weighted by atomic mass is 16.5. The van der Waals surface area contributed by atoms with Crippen LogP contribution in [0.15, 0.2) is 72.9 Å². The van der Waals surface area contributed by atoms with Crippen molar-refractivity contribution in [1.29, 1.82) is 0 Å². The molecule has 1 unspecified atom stereocenters. The third-order valence-electron chi connectivity index (χ3n) is 4.47.